The molecule has 0 bridgehead atoms. The standard InChI is InChI=1S/C6H13N3O/c1-5(8-7-3)4-6(2)9-10/h4,7,9-10H,1-3H3/b6-4+,8-5+. The summed E-state index contributed by atoms with van der Waals surface area (Å²) < 4.78 is 0. The summed E-state index contributed by atoms with van der Waals surface area (Å²) >= 11 is 0. The number of allylic oxidation sites excluding steroid dienone is 2. The lowest BCUT2D eigenvalue weighted by atomic mass is 10.3. The van der Waals surface area contributed by atoms with Gasteiger partial charge in [0.15, 0.2) is 0 Å². The molecule has 0 aliphatic rings. The number of hydroxylamine groups is 1. The average molecular weight is 143 g/mol. The Morgan fingerprint density at radius 3 is 2.50 bits per heavy atom. The number of rotatable bonds is 3. The molecule has 0 saturated carbocycles. The molecule has 10 heavy (non-hydrogen) atoms. The van der Waals surface area contributed by atoms with Gasteiger partial charge in [0, 0.05) is 12.7 Å². The molecule has 0 saturated heterocycles. The fourth-order valence-electron chi connectivity index (χ4n) is 0.554. The van der Waals surface area contributed by atoms with Crippen LogP contribution < -0.4 is 10.9 Å². The molecular weight excluding hydrogens is 130 g/mol. The summed E-state index contributed by atoms with van der Waals surface area (Å²) in [5.41, 5.74) is 6.11. The van der Waals surface area contributed by atoms with Gasteiger partial charge >= 0.3 is 0 Å². The van der Waals surface area contributed by atoms with E-state index in [4.69, 9.17) is 5.21 Å². The summed E-state index contributed by atoms with van der Waals surface area (Å²) in [5, 5.41) is 12.2. The van der Waals surface area contributed by atoms with Gasteiger partial charge in [-0.2, -0.15) is 5.10 Å². The third kappa shape index (κ3) is 3.91. The summed E-state index contributed by atoms with van der Waals surface area (Å²) in [6.07, 6.45) is 1.72. The Labute approximate surface area is 60.6 Å². The molecule has 58 valence electrons. The van der Waals surface area contributed by atoms with Crippen molar-refractivity contribution in [1.29, 1.82) is 0 Å². The van der Waals surface area contributed by atoms with Crippen LogP contribution >= 0.6 is 0 Å². The first-order valence-electron chi connectivity index (χ1n) is 3.00. The van der Waals surface area contributed by atoms with Crippen molar-refractivity contribution in [2.75, 3.05) is 7.05 Å². The minimum atomic E-state index is 0.663. The number of nitrogens with one attached hydrogen (secondary N) is 2. The van der Waals surface area contributed by atoms with Crippen LogP contribution in [0.15, 0.2) is 16.9 Å². The molecule has 3 N–H and O–H groups in total. The Morgan fingerprint density at radius 1 is 1.50 bits per heavy atom. The van der Waals surface area contributed by atoms with Crippen molar-refractivity contribution in [3.8, 4) is 0 Å². The highest BCUT2D eigenvalue weighted by atomic mass is 16.5. The highest BCUT2D eigenvalue weighted by molar-refractivity contribution is 5.92. The monoisotopic (exact) mass is 143 g/mol. The van der Waals surface area contributed by atoms with Gasteiger partial charge < -0.3 is 5.43 Å². The van der Waals surface area contributed by atoms with E-state index in [1.165, 1.54) is 0 Å². The molecule has 4 nitrogen and oxygen atoms in total. The maximum atomic E-state index is 8.36. The number of hydrogen-bond acceptors (Lipinski definition) is 4. The number of hydrazone groups is 1. The molecule has 0 amide bonds. The van der Waals surface area contributed by atoms with Crippen molar-refractivity contribution < 1.29 is 5.21 Å². The molecule has 4 heteroatoms. The van der Waals surface area contributed by atoms with Crippen molar-refractivity contribution >= 4 is 5.71 Å². The minimum absolute atomic E-state index is 0.663. The third-order valence-electron chi connectivity index (χ3n) is 0.890. The van der Waals surface area contributed by atoms with Crippen LogP contribution in [0, 0.1) is 0 Å². The van der Waals surface area contributed by atoms with Gasteiger partial charge in [-0.15, -0.1) is 0 Å². The van der Waals surface area contributed by atoms with Crippen LogP contribution in [0.5, 0.6) is 0 Å². The third-order valence-corrected chi connectivity index (χ3v) is 0.890. The lowest BCUT2D eigenvalue weighted by molar-refractivity contribution is 0.201. The zero-order valence-corrected chi connectivity index (χ0v) is 6.47. The van der Waals surface area contributed by atoms with E-state index in [0.717, 1.165) is 5.71 Å². The van der Waals surface area contributed by atoms with Gasteiger partial charge in [0.1, 0.15) is 0 Å². The van der Waals surface area contributed by atoms with Crippen molar-refractivity contribution in [2.24, 2.45) is 5.10 Å². The topological polar surface area (TPSA) is 56.7 Å². The molecule has 0 aliphatic carbocycles. The Morgan fingerprint density at radius 2 is 2.10 bits per heavy atom. The first kappa shape index (κ1) is 8.97. The fourth-order valence-corrected chi connectivity index (χ4v) is 0.554. The van der Waals surface area contributed by atoms with Crippen LogP contribution in [0.3, 0.4) is 0 Å². The Hall–Kier alpha value is -1.03. The van der Waals surface area contributed by atoms with E-state index in [0.29, 0.717) is 5.70 Å². The molecule has 0 spiro atoms. The van der Waals surface area contributed by atoms with Crippen molar-refractivity contribution in [1.82, 2.24) is 10.9 Å². The maximum absolute atomic E-state index is 8.36. The summed E-state index contributed by atoms with van der Waals surface area (Å²) in [4.78, 5) is 0. The second-order valence-electron chi connectivity index (χ2n) is 1.92. The quantitative estimate of drug-likeness (QED) is 0.397. The first-order chi connectivity index (χ1) is 4.70. The van der Waals surface area contributed by atoms with Crippen molar-refractivity contribution in [3.05, 3.63) is 11.8 Å². The second-order valence-corrected chi connectivity index (χ2v) is 1.92. The van der Waals surface area contributed by atoms with E-state index >= 15 is 0 Å². The molecule has 0 aromatic heterocycles. The predicted molar refractivity (Wildman–Crippen MR) is 40.8 cm³/mol. The van der Waals surface area contributed by atoms with Crippen LogP contribution in [0.1, 0.15) is 13.8 Å². The highest BCUT2D eigenvalue weighted by Gasteiger charge is 1.85. The van der Waals surface area contributed by atoms with E-state index in [2.05, 4.69) is 10.5 Å². The van der Waals surface area contributed by atoms with E-state index in [1.54, 1.807) is 20.0 Å². The second kappa shape index (κ2) is 4.81. The molecule has 0 rings (SSSR count). The molecule has 0 fully saturated rings. The van der Waals surface area contributed by atoms with Crippen LogP contribution in [-0.4, -0.2) is 18.0 Å². The molecule has 0 unspecified atom stereocenters. The Kier molecular flexibility index (Phi) is 4.32. The van der Waals surface area contributed by atoms with Gasteiger partial charge in [0.05, 0.1) is 5.71 Å². The largest absolute Gasteiger partial charge is 0.313 e. The molecule has 0 aromatic rings. The predicted octanol–water partition coefficient (Wildman–Crippen LogP) is 0.464. The number of hydrogen-bond donors (Lipinski definition) is 3. The van der Waals surface area contributed by atoms with Gasteiger partial charge in [0.2, 0.25) is 0 Å². The Balaban J connectivity index is 3.98. The Bertz CT molecular complexity index is 151. The lowest BCUT2D eigenvalue weighted by Gasteiger charge is -1.96. The minimum Gasteiger partial charge on any atom is -0.313 e. The smallest absolute Gasteiger partial charge is 0.0589 e. The molecule has 0 radical (unpaired) electrons. The summed E-state index contributed by atoms with van der Waals surface area (Å²) in [7, 11) is 1.72. The van der Waals surface area contributed by atoms with Crippen LogP contribution in [0.25, 0.3) is 0 Å². The molecule has 0 aromatic carbocycles. The van der Waals surface area contributed by atoms with Crippen LogP contribution in [0.4, 0.5) is 0 Å². The first-order valence-corrected chi connectivity index (χ1v) is 3.00. The van der Waals surface area contributed by atoms with E-state index < -0.39 is 0 Å². The van der Waals surface area contributed by atoms with E-state index in [1.807, 2.05) is 12.4 Å². The van der Waals surface area contributed by atoms with Crippen LogP contribution in [0.2, 0.25) is 0 Å². The SMILES string of the molecule is CN/N=C(C)/C=C(\C)NO. The zero-order valence-electron chi connectivity index (χ0n) is 6.47. The molecule has 0 atom stereocenters. The maximum Gasteiger partial charge on any atom is 0.0589 e. The summed E-state index contributed by atoms with van der Waals surface area (Å²) in [6, 6.07) is 0. The van der Waals surface area contributed by atoms with E-state index in [9.17, 15) is 0 Å². The molecule has 0 aliphatic heterocycles. The van der Waals surface area contributed by atoms with Gasteiger partial charge in [0.25, 0.3) is 0 Å². The van der Waals surface area contributed by atoms with E-state index in [-0.39, 0.29) is 0 Å². The van der Waals surface area contributed by atoms with Gasteiger partial charge in [-0.25, -0.2) is 0 Å². The normalized spacial score (nSPS) is 13.2. The van der Waals surface area contributed by atoms with Crippen molar-refractivity contribution in [2.45, 2.75) is 13.8 Å². The average Bonchev–Trinajstić information content (AvgIpc) is 1.88. The number of nitrogens with zero attached hydrogens (tertiary/aromatic N) is 1. The fraction of sp³-hybridized carbons (Fsp3) is 0.500. The molecular formula is C6H13N3O. The van der Waals surface area contributed by atoms with Gasteiger partial charge in [-0.1, -0.05) is 0 Å². The summed E-state index contributed by atoms with van der Waals surface area (Å²) in [5.74, 6) is 0. The zero-order chi connectivity index (χ0) is 7.98. The molecule has 0 heterocycles. The summed E-state index contributed by atoms with van der Waals surface area (Å²) in [6.45, 7) is 3.58. The highest BCUT2D eigenvalue weighted by Crippen LogP contribution is 1.85. The van der Waals surface area contributed by atoms with Crippen molar-refractivity contribution in [3.63, 3.8) is 0 Å². The van der Waals surface area contributed by atoms with Gasteiger partial charge in [-0.3, -0.25) is 10.7 Å². The lowest BCUT2D eigenvalue weighted by Crippen LogP contribution is -2.06. The van der Waals surface area contributed by atoms with Crippen LogP contribution in [-0.2, 0) is 0 Å². The van der Waals surface area contributed by atoms with Gasteiger partial charge in [-0.05, 0) is 19.9 Å².